The van der Waals surface area contributed by atoms with Gasteiger partial charge in [0.05, 0.1) is 18.2 Å². The molecule has 0 fully saturated rings. The molecule has 1 rings (SSSR count). The Bertz CT molecular complexity index is 629. The highest BCUT2D eigenvalue weighted by Crippen LogP contribution is 2.23. The van der Waals surface area contributed by atoms with E-state index in [0.29, 0.717) is 0 Å². The maximum absolute atomic E-state index is 11.3. The average Bonchev–Trinajstić information content (AvgIpc) is 2.66. The van der Waals surface area contributed by atoms with Gasteiger partial charge in [0.15, 0.2) is 12.2 Å². The van der Waals surface area contributed by atoms with Crippen molar-refractivity contribution in [3.05, 3.63) is 11.6 Å². The summed E-state index contributed by atoms with van der Waals surface area (Å²) in [5.74, 6) is -4.72. The fourth-order valence-electron chi connectivity index (χ4n) is 2.67. The maximum Gasteiger partial charge on any atom is 0.335 e. The number of carboxylic acid groups (broad SMARTS) is 3. The molecule has 1 amide bonds. The van der Waals surface area contributed by atoms with Gasteiger partial charge in [0.25, 0.3) is 0 Å². The van der Waals surface area contributed by atoms with Crippen LogP contribution in [0.4, 0.5) is 0 Å². The number of hydrogen-bond donors (Lipinski definition) is 7. The lowest BCUT2D eigenvalue weighted by molar-refractivity contribution is -0.165. The summed E-state index contributed by atoms with van der Waals surface area (Å²) in [4.78, 5) is 42.0. The topological polar surface area (TPSA) is 217 Å². The smallest absolute Gasteiger partial charge is 0.335 e. The van der Waals surface area contributed by atoms with Gasteiger partial charge in [-0.3, -0.25) is 4.79 Å². The van der Waals surface area contributed by atoms with Gasteiger partial charge in [-0.05, 0) is 25.3 Å². The molecule has 0 aromatic heterocycles. The number of nitrogens with one attached hydrogen (secondary N) is 1. The Labute approximate surface area is 173 Å². The number of carbonyl (C=O) groups is 4. The third-order valence-corrected chi connectivity index (χ3v) is 4.35. The van der Waals surface area contributed by atoms with E-state index in [1.165, 1.54) is 6.92 Å². The summed E-state index contributed by atoms with van der Waals surface area (Å²) in [5.41, 5.74) is 6.25. The molecule has 0 saturated carbocycles. The van der Waals surface area contributed by atoms with E-state index in [4.69, 9.17) is 36.0 Å². The summed E-state index contributed by atoms with van der Waals surface area (Å²) in [6.07, 6.45) is -1.56. The van der Waals surface area contributed by atoms with Gasteiger partial charge in [-0.2, -0.15) is 0 Å². The number of carboxylic acids is 3. The van der Waals surface area contributed by atoms with Gasteiger partial charge in [-0.15, -0.1) is 0 Å². The Morgan fingerprint density at radius 2 is 1.57 bits per heavy atom. The van der Waals surface area contributed by atoms with Crippen LogP contribution >= 0.6 is 0 Å². The molecule has 0 heterocycles. The first-order chi connectivity index (χ1) is 13.8. The molecule has 30 heavy (non-hydrogen) atoms. The molecular weight excluding hydrogens is 404 g/mol. The highest BCUT2D eigenvalue weighted by molar-refractivity contribution is 5.87. The number of hydrogen-bond acceptors (Lipinski definition) is 8. The fraction of sp³-hybridized carbons (Fsp3) is 0.667. The molecule has 8 N–H and O–H groups in total. The number of ether oxygens (including phenoxy) is 1. The molecule has 12 nitrogen and oxygen atoms in total. The van der Waals surface area contributed by atoms with E-state index in [2.05, 4.69) is 5.32 Å². The quantitative estimate of drug-likeness (QED) is 0.226. The van der Waals surface area contributed by atoms with Gasteiger partial charge < -0.3 is 41.3 Å². The maximum atomic E-state index is 11.3. The Kier molecular flexibility index (Phi) is 11.8. The molecule has 0 aromatic rings. The number of aliphatic hydroxyl groups is 2. The molecule has 0 bridgehead atoms. The zero-order valence-corrected chi connectivity index (χ0v) is 17.0. The van der Waals surface area contributed by atoms with Crippen molar-refractivity contribution in [1.29, 1.82) is 0 Å². The van der Waals surface area contributed by atoms with E-state index >= 15 is 0 Å². The number of nitrogens with two attached hydrogens (primary N) is 1. The molecular formula is C18H30N2O10. The minimum Gasteiger partial charge on any atom is -0.479 e. The normalized spacial score (nSPS) is 22.8. The molecule has 0 unspecified atom stereocenters. The lowest BCUT2D eigenvalue weighted by Crippen LogP contribution is -2.57. The first kappa shape index (κ1) is 27.5. The van der Waals surface area contributed by atoms with E-state index in [9.17, 15) is 19.2 Å². The lowest BCUT2D eigenvalue weighted by Gasteiger charge is -2.36. The van der Waals surface area contributed by atoms with Gasteiger partial charge in [0.1, 0.15) is 0 Å². The predicted octanol–water partition coefficient (Wildman–Crippen LogP) is -1.32. The number of amides is 1. The van der Waals surface area contributed by atoms with Crippen LogP contribution in [0, 0.1) is 0 Å². The van der Waals surface area contributed by atoms with Crippen LogP contribution in [0.1, 0.15) is 40.0 Å². The summed E-state index contributed by atoms with van der Waals surface area (Å²) in [5, 5.41) is 44.4. The van der Waals surface area contributed by atoms with Crippen molar-refractivity contribution in [1.82, 2.24) is 5.32 Å². The van der Waals surface area contributed by atoms with Crippen LogP contribution in [0.3, 0.4) is 0 Å². The minimum atomic E-state index is -2.27. The van der Waals surface area contributed by atoms with Crippen LogP contribution in [0.5, 0.6) is 0 Å². The lowest BCUT2D eigenvalue weighted by atomic mass is 9.88. The second-order valence-electron chi connectivity index (χ2n) is 6.70. The highest BCUT2D eigenvalue weighted by Gasteiger charge is 2.35. The van der Waals surface area contributed by atoms with E-state index < -0.39 is 48.3 Å². The van der Waals surface area contributed by atoms with Crippen LogP contribution in [-0.4, -0.2) is 85.8 Å². The van der Waals surface area contributed by atoms with Crippen molar-refractivity contribution in [3.8, 4) is 0 Å². The second-order valence-corrected chi connectivity index (χ2v) is 6.70. The Balaban J connectivity index is 0.000000710. The van der Waals surface area contributed by atoms with E-state index in [1.54, 1.807) is 6.08 Å². The predicted molar refractivity (Wildman–Crippen MR) is 102 cm³/mol. The molecule has 0 radical (unpaired) electrons. The summed E-state index contributed by atoms with van der Waals surface area (Å²) < 4.78 is 5.92. The van der Waals surface area contributed by atoms with E-state index in [1.807, 2.05) is 13.8 Å². The Hall–Kier alpha value is -2.54. The van der Waals surface area contributed by atoms with Crippen LogP contribution < -0.4 is 11.1 Å². The van der Waals surface area contributed by atoms with Crippen molar-refractivity contribution in [2.75, 3.05) is 0 Å². The van der Waals surface area contributed by atoms with E-state index in [-0.39, 0.29) is 24.0 Å². The van der Waals surface area contributed by atoms with Gasteiger partial charge in [-0.25, -0.2) is 14.4 Å². The number of aliphatic carboxylic acids is 3. The Morgan fingerprint density at radius 1 is 1.10 bits per heavy atom. The fourth-order valence-corrected chi connectivity index (χ4v) is 2.67. The summed E-state index contributed by atoms with van der Waals surface area (Å²) in [7, 11) is 0. The first-order valence-electron chi connectivity index (χ1n) is 9.29. The molecule has 1 aliphatic carbocycles. The molecule has 5 atom stereocenters. The monoisotopic (exact) mass is 434 g/mol. The minimum absolute atomic E-state index is 0.0212. The molecule has 0 spiro atoms. The number of rotatable bonds is 9. The van der Waals surface area contributed by atoms with Crippen molar-refractivity contribution in [2.45, 2.75) is 76.5 Å². The van der Waals surface area contributed by atoms with Gasteiger partial charge >= 0.3 is 17.9 Å². The van der Waals surface area contributed by atoms with Crippen LogP contribution in [0.15, 0.2) is 11.6 Å². The van der Waals surface area contributed by atoms with E-state index in [0.717, 1.165) is 12.8 Å². The molecule has 0 aromatic carbocycles. The van der Waals surface area contributed by atoms with Crippen LogP contribution in [0.25, 0.3) is 0 Å². The SMILES string of the molecule is CCC(CC)O[C@@H]1C=C(C(=O)O)C[C@H](N)[C@@H]1NC(C)=O.O=C(O)[C@@H](O)[C@H](O)C(=O)O. The summed E-state index contributed by atoms with van der Waals surface area (Å²) >= 11 is 0. The summed E-state index contributed by atoms with van der Waals surface area (Å²) in [6.45, 7) is 5.43. The molecule has 0 saturated heterocycles. The third kappa shape index (κ3) is 8.86. The average molecular weight is 434 g/mol. The molecule has 1 aliphatic rings. The third-order valence-electron chi connectivity index (χ3n) is 4.35. The van der Waals surface area contributed by atoms with Crippen molar-refractivity contribution < 1.29 is 49.4 Å². The molecule has 12 heteroatoms. The number of aliphatic hydroxyl groups excluding tert-OH is 2. The second kappa shape index (κ2) is 12.9. The van der Waals surface area contributed by atoms with Gasteiger partial charge in [-0.1, -0.05) is 13.8 Å². The number of carbonyl (C=O) groups excluding carboxylic acids is 1. The standard InChI is InChI=1S/C14H24N2O4.C4H6O6/c1-4-10(5-2)20-12-7-9(14(18)19)6-11(15)13(12)16-8(3)17;5-1(3(7)8)2(6)4(9)10/h7,10-13H,4-6,15H2,1-3H3,(H,16,17)(H,18,19);1-2,5-6H,(H,7,8)(H,9,10)/t11-,12+,13-;1-,2-/m00/s1. The van der Waals surface area contributed by atoms with Gasteiger partial charge in [0, 0.05) is 18.5 Å². The van der Waals surface area contributed by atoms with Crippen LogP contribution in [-0.2, 0) is 23.9 Å². The highest BCUT2D eigenvalue weighted by atomic mass is 16.5. The van der Waals surface area contributed by atoms with Gasteiger partial charge in [0.2, 0.25) is 5.91 Å². The largest absolute Gasteiger partial charge is 0.479 e. The van der Waals surface area contributed by atoms with Crippen LogP contribution in [0.2, 0.25) is 0 Å². The zero-order chi connectivity index (χ0) is 23.6. The van der Waals surface area contributed by atoms with Crippen molar-refractivity contribution >= 4 is 23.8 Å². The first-order valence-corrected chi connectivity index (χ1v) is 9.29. The zero-order valence-electron chi connectivity index (χ0n) is 17.0. The van der Waals surface area contributed by atoms with Crippen molar-refractivity contribution in [3.63, 3.8) is 0 Å². The van der Waals surface area contributed by atoms with Crippen molar-refractivity contribution in [2.24, 2.45) is 5.73 Å². The Morgan fingerprint density at radius 3 is 1.90 bits per heavy atom. The molecule has 172 valence electrons. The molecule has 0 aliphatic heterocycles. The summed E-state index contributed by atoms with van der Waals surface area (Å²) in [6, 6.07) is -0.856.